The number of nitriles is 1. The van der Waals surface area contributed by atoms with E-state index in [-0.39, 0.29) is 17.3 Å². The summed E-state index contributed by atoms with van der Waals surface area (Å²) >= 11 is 0. The first kappa shape index (κ1) is 15.2. The molecule has 8 nitrogen and oxygen atoms in total. The summed E-state index contributed by atoms with van der Waals surface area (Å²) < 4.78 is 0. The Bertz CT molecular complexity index is 551. The number of non-ortho nitro benzene ring substituents is 1. The summed E-state index contributed by atoms with van der Waals surface area (Å²) in [5.41, 5.74) is 0.559. The van der Waals surface area contributed by atoms with E-state index in [0.717, 1.165) is 0 Å². The van der Waals surface area contributed by atoms with E-state index in [4.69, 9.17) is 5.26 Å². The van der Waals surface area contributed by atoms with Crippen molar-refractivity contribution in [2.24, 2.45) is 0 Å². The molecule has 0 aliphatic carbocycles. The fourth-order valence-corrected chi connectivity index (χ4v) is 1.42. The number of nitro benzene ring substituents is 1. The number of nitrogens with one attached hydrogen (secondary N) is 2. The SMILES string of the molecule is CN(C)C(=O)NCCNc1ccc([N+](=O)[O-])cc1C#N. The van der Waals surface area contributed by atoms with Crippen LogP contribution < -0.4 is 10.6 Å². The number of hydrogen-bond acceptors (Lipinski definition) is 5. The summed E-state index contributed by atoms with van der Waals surface area (Å²) in [4.78, 5) is 22.7. The molecule has 0 radical (unpaired) electrons. The maximum atomic E-state index is 11.3. The van der Waals surface area contributed by atoms with Crippen LogP contribution in [0, 0.1) is 21.4 Å². The maximum absolute atomic E-state index is 11.3. The van der Waals surface area contributed by atoms with Crippen LogP contribution in [0.15, 0.2) is 18.2 Å². The van der Waals surface area contributed by atoms with E-state index < -0.39 is 4.92 Å². The van der Waals surface area contributed by atoms with Crippen molar-refractivity contribution in [3.05, 3.63) is 33.9 Å². The highest BCUT2D eigenvalue weighted by molar-refractivity contribution is 5.73. The van der Waals surface area contributed by atoms with E-state index in [9.17, 15) is 14.9 Å². The lowest BCUT2D eigenvalue weighted by Gasteiger charge is -2.13. The Kier molecular flexibility index (Phi) is 5.29. The summed E-state index contributed by atoms with van der Waals surface area (Å²) in [7, 11) is 3.26. The maximum Gasteiger partial charge on any atom is 0.316 e. The van der Waals surface area contributed by atoms with Crippen LogP contribution in [0.25, 0.3) is 0 Å². The predicted octanol–water partition coefficient (Wildman–Crippen LogP) is 1.15. The number of nitrogens with zero attached hydrogens (tertiary/aromatic N) is 3. The first-order chi connectivity index (χ1) is 9.45. The monoisotopic (exact) mass is 277 g/mol. The van der Waals surface area contributed by atoms with Crippen LogP contribution in [0.5, 0.6) is 0 Å². The molecule has 0 atom stereocenters. The van der Waals surface area contributed by atoms with Gasteiger partial charge in [-0.1, -0.05) is 0 Å². The molecule has 0 heterocycles. The lowest BCUT2D eigenvalue weighted by molar-refractivity contribution is -0.384. The molecule has 1 aromatic carbocycles. The van der Waals surface area contributed by atoms with Gasteiger partial charge in [-0.15, -0.1) is 0 Å². The Morgan fingerprint density at radius 2 is 2.15 bits per heavy atom. The minimum Gasteiger partial charge on any atom is -0.382 e. The Labute approximate surface area is 116 Å². The van der Waals surface area contributed by atoms with Crippen LogP contribution >= 0.6 is 0 Å². The van der Waals surface area contributed by atoms with Crippen molar-refractivity contribution >= 4 is 17.4 Å². The molecule has 1 rings (SSSR count). The van der Waals surface area contributed by atoms with Gasteiger partial charge in [0, 0.05) is 39.3 Å². The number of carbonyl (C=O) groups is 1. The lowest BCUT2D eigenvalue weighted by atomic mass is 10.1. The van der Waals surface area contributed by atoms with Crippen LogP contribution in [0.1, 0.15) is 5.56 Å². The third-order valence-corrected chi connectivity index (χ3v) is 2.46. The second kappa shape index (κ2) is 6.94. The average molecular weight is 277 g/mol. The molecular weight excluding hydrogens is 262 g/mol. The largest absolute Gasteiger partial charge is 0.382 e. The van der Waals surface area contributed by atoms with E-state index in [1.165, 1.54) is 23.1 Å². The Balaban J connectivity index is 2.59. The number of amides is 2. The molecule has 0 spiro atoms. The van der Waals surface area contributed by atoms with Gasteiger partial charge in [0.2, 0.25) is 0 Å². The second-order valence-corrected chi connectivity index (χ2v) is 4.15. The first-order valence-electron chi connectivity index (χ1n) is 5.83. The fraction of sp³-hybridized carbons (Fsp3) is 0.333. The van der Waals surface area contributed by atoms with E-state index in [1.807, 2.05) is 6.07 Å². The molecule has 0 fully saturated rings. The van der Waals surface area contributed by atoms with Crippen molar-refractivity contribution in [3.8, 4) is 6.07 Å². The normalized spacial score (nSPS) is 9.45. The molecule has 2 amide bonds. The minimum absolute atomic E-state index is 0.131. The van der Waals surface area contributed by atoms with Gasteiger partial charge in [-0.3, -0.25) is 10.1 Å². The zero-order valence-corrected chi connectivity index (χ0v) is 11.2. The van der Waals surface area contributed by atoms with Crippen molar-refractivity contribution in [1.82, 2.24) is 10.2 Å². The summed E-state index contributed by atoms with van der Waals surface area (Å²) in [5.74, 6) is 0. The van der Waals surface area contributed by atoms with Gasteiger partial charge in [-0.2, -0.15) is 5.26 Å². The fourth-order valence-electron chi connectivity index (χ4n) is 1.42. The van der Waals surface area contributed by atoms with Gasteiger partial charge in [0.25, 0.3) is 5.69 Å². The number of nitro groups is 1. The number of rotatable bonds is 5. The van der Waals surface area contributed by atoms with Crippen molar-refractivity contribution in [1.29, 1.82) is 5.26 Å². The molecule has 1 aromatic rings. The molecule has 2 N–H and O–H groups in total. The van der Waals surface area contributed by atoms with Crippen LogP contribution in [0.2, 0.25) is 0 Å². The van der Waals surface area contributed by atoms with Crippen LogP contribution in [-0.2, 0) is 0 Å². The standard InChI is InChI=1S/C12H15N5O3/c1-16(2)12(18)15-6-5-14-11-4-3-10(17(19)20)7-9(11)8-13/h3-4,7,14H,5-6H2,1-2H3,(H,15,18). The van der Waals surface area contributed by atoms with E-state index in [1.54, 1.807) is 14.1 Å². The highest BCUT2D eigenvalue weighted by Crippen LogP contribution is 2.20. The molecule has 0 bridgehead atoms. The van der Waals surface area contributed by atoms with Gasteiger partial charge < -0.3 is 15.5 Å². The summed E-state index contributed by atoms with van der Waals surface area (Å²) in [6.07, 6.45) is 0. The van der Waals surface area contributed by atoms with E-state index in [0.29, 0.717) is 18.8 Å². The molecule has 0 aliphatic rings. The van der Waals surface area contributed by atoms with E-state index >= 15 is 0 Å². The van der Waals surface area contributed by atoms with Gasteiger partial charge in [-0.05, 0) is 6.07 Å². The first-order valence-corrected chi connectivity index (χ1v) is 5.83. The van der Waals surface area contributed by atoms with Gasteiger partial charge in [0.1, 0.15) is 6.07 Å². The molecule has 8 heteroatoms. The summed E-state index contributed by atoms with van der Waals surface area (Å²) in [6.45, 7) is 0.783. The van der Waals surface area contributed by atoms with Crippen molar-refractivity contribution in [3.63, 3.8) is 0 Å². The Morgan fingerprint density at radius 1 is 1.45 bits per heavy atom. The van der Waals surface area contributed by atoms with Crippen LogP contribution in [0.4, 0.5) is 16.2 Å². The molecule has 0 saturated carbocycles. The molecule has 0 aliphatic heterocycles. The minimum atomic E-state index is -0.554. The summed E-state index contributed by atoms with van der Waals surface area (Å²) in [5, 5.41) is 25.2. The van der Waals surface area contributed by atoms with Crippen molar-refractivity contribution in [2.45, 2.75) is 0 Å². The average Bonchev–Trinajstić information content (AvgIpc) is 2.42. The quantitative estimate of drug-likeness (QED) is 0.476. The number of carbonyl (C=O) groups excluding carboxylic acids is 1. The molecule has 0 aromatic heterocycles. The molecule has 0 unspecified atom stereocenters. The number of urea groups is 1. The third-order valence-electron chi connectivity index (χ3n) is 2.46. The van der Waals surface area contributed by atoms with Gasteiger partial charge in [0.15, 0.2) is 0 Å². The molecule has 106 valence electrons. The number of hydrogen-bond donors (Lipinski definition) is 2. The predicted molar refractivity (Wildman–Crippen MR) is 73.4 cm³/mol. The Morgan fingerprint density at radius 3 is 2.70 bits per heavy atom. The van der Waals surface area contributed by atoms with Gasteiger partial charge in [0.05, 0.1) is 16.2 Å². The zero-order chi connectivity index (χ0) is 15.1. The Hall–Kier alpha value is -2.82. The van der Waals surface area contributed by atoms with Crippen LogP contribution in [-0.4, -0.2) is 43.0 Å². The number of anilines is 1. The van der Waals surface area contributed by atoms with E-state index in [2.05, 4.69) is 10.6 Å². The topological polar surface area (TPSA) is 111 Å². The highest BCUT2D eigenvalue weighted by atomic mass is 16.6. The third kappa shape index (κ3) is 4.13. The van der Waals surface area contributed by atoms with Gasteiger partial charge in [-0.25, -0.2) is 4.79 Å². The molecular formula is C12H15N5O3. The zero-order valence-electron chi connectivity index (χ0n) is 11.2. The second-order valence-electron chi connectivity index (χ2n) is 4.15. The van der Waals surface area contributed by atoms with Gasteiger partial charge >= 0.3 is 6.03 Å². The van der Waals surface area contributed by atoms with Crippen molar-refractivity contribution in [2.75, 3.05) is 32.5 Å². The molecule has 0 saturated heterocycles. The lowest BCUT2D eigenvalue weighted by Crippen LogP contribution is -2.37. The highest BCUT2D eigenvalue weighted by Gasteiger charge is 2.10. The van der Waals surface area contributed by atoms with Crippen molar-refractivity contribution < 1.29 is 9.72 Å². The number of benzene rings is 1. The summed E-state index contributed by atoms with van der Waals surface area (Å²) in [6, 6.07) is 5.69. The van der Waals surface area contributed by atoms with Crippen LogP contribution in [0.3, 0.4) is 0 Å². The smallest absolute Gasteiger partial charge is 0.316 e. The molecule has 20 heavy (non-hydrogen) atoms.